The molecule has 1 N–H and O–H groups in total. The molecule has 9 heteroatoms. The van der Waals surface area contributed by atoms with E-state index in [0.717, 1.165) is 0 Å². The molecule has 0 unspecified atom stereocenters. The molecule has 0 aliphatic heterocycles. The van der Waals surface area contributed by atoms with E-state index in [1.54, 1.807) is 39.0 Å². The van der Waals surface area contributed by atoms with Crippen LogP contribution in [0.2, 0.25) is 10.2 Å². The fraction of sp³-hybridized carbons (Fsp3) is 0.200. The van der Waals surface area contributed by atoms with Crippen molar-refractivity contribution in [2.75, 3.05) is 4.72 Å². The van der Waals surface area contributed by atoms with E-state index in [1.807, 2.05) is 0 Å². The molecule has 3 rings (SSSR count). The summed E-state index contributed by atoms with van der Waals surface area (Å²) in [5.41, 5.74) is -0.201. The number of nitrogens with zero attached hydrogens (tertiary/aromatic N) is 1. The third kappa shape index (κ3) is 4.98. The molecule has 0 radical (unpaired) electrons. The summed E-state index contributed by atoms with van der Waals surface area (Å²) in [5, 5.41) is 1.53. The highest BCUT2D eigenvalue weighted by Gasteiger charge is 2.20. The van der Waals surface area contributed by atoms with Gasteiger partial charge in [0.05, 0.1) is 15.5 Å². The maximum atomic E-state index is 12.8. The lowest BCUT2D eigenvalue weighted by Gasteiger charge is -2.19. The van der Waals surface area contributed by atoms with Crippen molar-refractivity contribution in [3.63, 3.8) is 0 Å². The Kier molecular flexibility index (Phi) is 5.76. The summed E-state index contributed by atoms with van der Waals surface area (Å²) >= 11 is 12.2. The Morgan fingerprint density at radius 1 is 1.07 bits per heavy atom. The summed E-state index contributed by atoms with van der Waals surface area (Å²) in [6.45, 7) is 5.26. The number of benzene rings is 2. The van der Waals surface area contributed by atoms with Gasteiger partial charge < -0.3 is 4.74 Å². The molecule has 6 nitrogen and oxygen atoms in total. The first-order chi connectivity index (χ1) is 13.5. The molecular weight excluding hydrogens is 435 g/mol. The minimum absolute atomic E-state index is 0.0152. The van der Waals surface area contributed by atoms with E-state index in [4.69, 9.17) is 27.9 Å². The zero-order chi connectivity index (χ0) is 21.4. The molecule has 0 spiro atoms. The number of ether oxygens (including phenoxy) is 1. The van der Waals surface area contributed by atoms with Crippen LogP contribution in [0.4, 0.5) is 5.69 Å². The van der Waals surface area contributed by atoms with Crippen molar-refractivity contribution in [3.8, 4) is 0 Å². The molecule has 1 heterocycles. The molecule has 0 fully saturated rings. The topological polar surface area (TPSA) is 85.4 Å². The van der Waals surface area contributed by atoms with Crippen molar-refractivity contribution >= 4 is 55.7 Å². The number of aromatic nitrogens is 1. The first-order valence-corrected chi connectivity index (χ1v) is 10.8. The maximum Gasteiger partial charge on any atom is 0.338 e. The number of fused-ring (bicyclic) bond motifs is 1. The number of carbonyl (C=O) groups excluding carboxylic acids is 1. The van der Waals surface area contributed by atoms with E-state index < -0.39 is 21.6 Å². The zero-order valence-corrected chi connectivity index (χ0v) is 18.2. The Hall–Kier alpha value is -2.35. The monoisotopic (exact) mass is 452 g/mol. The molecule has 0 bridgehead atoms. The molecule has 0 saturated carbocycles. The van der Waals surface area contributed by atoms with E-state index in [2.05, 4.69) is 9.71 Å². The van der Waals surface area contributed by atoms with Crippen LogP contribution in [-0.4, -0.2) is 25.0 Å². The molecule has 29 heavy (non-hydrogen) atoms. The number of pyridine rings is 1. The fourth-order valence-electron chi connectivity index (χ4n) is 2.58. The smallest absolute Gasteiger partial charge is 0.338 e. The quantitative estimate of drug-likeness (QED) is 0.428. The predicted octanol–water partition coefficient (Wildman–Crippen LogP) is 5.30. The lowest BCUT2D eigenvalue weighted by Crippen LogP contribution is -2.24. The van der Waals surface area contributed by atoms with Crippen molar-refractivity contribution < 1.29 is 17.9 Å². The molecule has 0 aliphatic rings. The molecule has 1 aromatic heterocycles. The Balaban J connectivity index is 1.92. The van der Waals surface area contributed by atoms with E-state index in [-0.39, 0.29) is 21.3 Å². The SMILES string of the molecule is CC(C)(C)OC(=O)c1cccc(NS(=O)(=O)c2ccc3c(Cl)cnc(Cl)c3c2)c1. The molecule has 152 valence electrons. The van der Waals surface area contributed by atoms with Gasteiger partial charge in [-0.1, -0.05) is 35.3 Å². The van der Waals surface area contributed by atoms with Gasteiger partial charge in [-0.3, -0.25) is 4.72 Å². The number of sulfonamides is 1. The van der Waals surface area contributed by atoms with Crippen molar-refractivity contribution in [2.24, 2.45) is 0 Å². The lowest BCUT2D eigenvalue weighted by molar-refractivity contribution is 0.00695. The van der Waals surface area contributed by atoms with Crippen molar-refractivity contribution in [3.05, 3.63) is 64.4 Å². The molecule has 0 aliphatic carbocycles. The number of hydrogen-bond donors (Lipinski definition) is 1. The van der Waals surface area contributed by atoms with Crippen LogP contribution in [0.3, 0.4) is 0 Å². The maximum absolute atomic E-state index is 12.8. The van der Waals surface area contributed by atoms with Crippen LogP contribution in [0.1, 0.15) is 31.1 Å². The van der Waals surface area contributed by atoms with Crippen LogP contribution in [0.5, 0.6) is 0 Å². The normalized spacial score (nSPS) is 12.0. The number of nitrogens with one attached hydrogen (secondary N) is 1. The van der Waals surface area contributed by atoms with Crippen molar-refractivity contribution in [1.29, 1.82) is 0 Å². The molecular formula is C20H18Cl2N2O4S. The van der Waals surface area contributed by atoms with Crippen LogP contribution < -0.4 is 4.72 Å². The Morgan fingerprint density at radius 3 is 2.48 bits per heavy atom. The van der Waals surface area contributed by atoms with Gasteiger partial charge in [-0.25, -0.2) is 18.2 Å². The molecule has 0 atom stereocenters. The molecule has 0 saturated heterocycles. The summed E-state index contributed by atoms with van der Waals surface area (Å²) in [4.78, 5) is 16.2. The number of esters is 1. The standard InChI is InChI=1S/C20H18Cl2N2O4S/c1-20(2,3)28-19(25)12-5-4-6-13(9-12)24-29(26,27)14-7-8-15-16(10-14)18(22)23-11-17(15)21/h4-11,24H,1-3H3. The third-order valence-corrected chi connectivity index (χ3v) is 5.80. The Labute approximate surface area is 178 Å². The van der Waals surface area contributed by atoms with E-state index in [1.165, 1.54) is 30.5 Å². The number of hydrogen-bond acceptors (Lipinski definition) is 5. The van der Waals surface area contributed by atoms with Gasteiger partial charge in [0.1, 0.15) is 10.8 Å². The summed E-state index contributed by atoms with van der Waals surface area (Å²) < 4.78 is 33.4. The van der Waals surface area contributed by atoms with E-state index in [0.29, 0.717) is 15.8 Å². The third-order valence-electron chi connectivity index (χ3n) is 3.82. The van der Waals surface area contributed by atoms with Gasteiger partial charge in [-0.05, 0) is 51.1 Å². The number of rotatable bonds is 4. The lowest BCUT2D eigenvalue weighted by atomic mass is 10.1. The summed E-state index contributed by atoms with van der Waals surface area (Å²) in [5.74, 6) is -0.545. The second-order valence-electron chi connectivity index (χ2n) is 7.29. The first-order valence-electron chi connectivity index (χ1n) is 8.56. The van der Waals surface area contributed by atoms with E-state index in [9.17, 15) is 13.2 Å². The summed E-state index contributed by atoms with van der Waals surface area (Å²) in [6.07, 6.45) is 1.40. The van der Waals surface area contributed by atoms with Gasteiger partial charge in [0, 0.05) is 22.7 Å². The number of halogens is 2. The second-order valence-corrected chi connectivity index (χ2v) is 9.74. The van der Waals surface area contributed by atoms with Crippen LogP contribution in [-0.2, 0) is 14.8 Å². The fourth-order valence-corrected chi connectivity index (χ4v) is 4.08. The van der Waals surface area contributed by atoms with E-state index >= 15 is 0 Å². The van der Waals surface area contributed by atoms with Gasteiger partial charge in [-0.2, -0.15) is 0 Å². The summed E-state index contributed by atoms with van der Waals surface area (Å²) in [7, 11) is -3.94. The van der Waals surface area contributed by atoms with Crippen LogP contribution in [0.25, 0.3) is 10.8 Å². The molecule has 3 aromatic rings. The van der Waals surface area contributed by atoms with Gasteiger partial charge in [0.2, 0.25) is 0 Å². The Morgan fingerprint density at radius 2 is 1.79 bits per heavy atom. The second kappa shape index (κ2) is 7.82. The molecule has 2 aromatic carbocycles. The largest absolute Gasteiger partial charge is 0.456 e. The van der Waals surface area contributed by atoms with Crippen molar-refractivity contribution in [2.45, 2.75) is 31.3 Å². The highest BCUT2D eigenvalue weighted by molar-refractivity contribution is 7.92. The van der Waals surface area contributed by atoms with Crippen LogP contribution in [0.15, 0.2) is 53.6 Å². The van der Waals surface area contributed by atoms with Gasteiger partial charge >= 0.3 is 5.97 Å². The number of anilines is 1. The number of carbonyl (C=O) groups is 1. The highest BCUT2D eigenvalue weighted by Crippen LogP contribution is 2.30. The highest BCUT2D eigenvalue weighted by atomic mass is 35.5. The van der Waals surface area contributed by atoms with Crippen LogP contribution in [0, 0.1) is 0 Å². The average molecular weight is 453 g/mol. The van der Waals surface area contributed by atoms with Gasteiger partial charge in [0.25, 0.3) is 10.0 Å². The van der Waals surface area contributed by atoms with Gasteiger partial charge in [0.15, 0.2) is 0 Å². The minimum atomic E-state index is -3.94. The summed E-state index contributed by atoms with van der Waals surface area (Å²) in [6, 6.07) is 10.5. The van der Waals surface area contributed by atoms with Crippen LogP contribution >= 0.6 is 23.2 Å². The zero-order valence-electron chi connectivity index (χ0n) is 15.9. The van der Waals surface area contributed by atoms with Gasteiger partial charge in [-0.15, -0.1) is 0 Å². The molecule has 0 amide bonds. The predicted molar refractivity (Wildman–Crippen MR) is 114 cm³/mol. The first kappa shape index (κ1) is 21.4. The average Bonchev–Trinajstić information content (AvgIpc) is 2.63. The Bertz CT molecular complexity index is 1200. The van der Waals surface area contributed by atoms with Crippen molar-refractivity contribution in [1.82, 2.24) is 4.98 Å². The minimum Gasteiger partial charge on any atom is -0.456 e.